The molecule has 138 valence electrons. The third kappa shape index (κ3) is 5.09. The van der Waals surface area contributed by atoms with Gasteiger partial charge in [-0.2, -0.15) is 0 Å². The Balaban J connectivity index is 1.82. The summed E-state index contributed by atoms with van der Waals surface area (Å²) < 4.78 is 5.17. The van der Waals surface area contributed by atoms with E-state index in [1.807, 2.05) is 24.3 Å². The highest BCUT2D eigenvalue weighted by atomic mass is 16.5. The zero-order chi connectivity index (χ0) is 19.2. The van der Waals surface area contributed by atoms with Gasteiger partial charge >= 0.3 is 0 Å². The van der Waals surface area contributed by atoms with E-state index in [1.54, 1.807) is 24.3 Å². The van der Waals surface area contributed by atoms with E-state index < -0.39 is 0 Å². The van der Waals surface area contributed by atoms with Gasteiger partial charge in [0.05, 0.1) is 12.7 Å². The Kier molecular flexibility index (Phi) is 6.39. The van der Waals surface area contributed by atoms with Crippen molar-refractivity contribution in [1.29, 1.82) is 0 Å². The number of hydrogen-bond donors (Lipinski definition) is 2. The van der Waals surface area contributed by atoms with E-state index in [2.05, 4.69) is 31.4 Å². The highest BCUT2D eigenvalue weighted by Gasteiger charge is 2.14. The molecule has 0 aliphatic rings. The number of para-hydroxylation sites is 1. The van der Waals surface area contributed by atoms with E-state index in [4.69, 9.17) is 4.74 Å². The normalized spacial score (nSPS) is 10.9. The first-order valence-electron chi connectivity index (χ1n) is 8.63. The van der Waals surface area contributed by atoms with Crippen molar-refractivity contribution in [3.8, 4) is 5.75 Å². The van der Waals surface area contributed by atoms with Gasteiger partial charge in [-0.25, -0.2) is 0 Å². The van der Waals surface area contributed by atoms with Gasteiger partial charge in [-0.1, -0.05) is 45.0 Å². The SMILES string of the molecule is COc1ccccc1C(=O)NCCNC(=O)c1ccc(C(C)(C)C)cc1. The van der Waals surface area contributed by atoms with Crippen LogP contribution in [0.1, 0.15) is 47.1 Å². The summed E-state index contributed by atoms with van der Waals surface area (Å²) in [5, 5.41) is 5.58. The van der Waals surface area contributed by atoms with Crippen LogP contribution in [0.25, 0.3) is 0 Å². The van der Waals surface area contributed by atoms with Crippen molar-refractivity contribution in [3.63, 3.8) is 0 Å². The number of rotatable bonds is 6. The second-order valence-corrected chi connectivity index (χ2v) is 7.04. The number of methoxy groups -OCH3 is 1. The number of hydrogen-bond acceptors (Lipinski definition) is 3. The number of carbonyl (C=O) groups excluding carboxylic acids is 2. The third-order valence-corrected chi connectivity index (χ3v) is 4.06. The zero-order valence-electron chi connectivity index (χ0n) is 15.8. The lowest BCUT2D eigenvalue weighted by Crippen LogP contribution is -2.34. The third-order valence-electron chi connectivity index (χ3n) is 4.06. The highest BCUT2D eigenvalue weighted by Crippen LogP contribution is 2.22. The standard InChI is InChI=1S/C21H26N2O3/c1-21(2,3)16-11-9-15(10-12-16)19(24)22-13-14-23-20(25)17-7-5-6-8-18(17)26-4/h5-12H,13-14H2,1-4H3,(H,22,24)(H,23,25). The minimum atomic E-state index is -0.230. The predicted octanol–water partition coefficient (Wildman–Crippen LogP) is 3.15. The molecule has 0 fully saturated rings. The number of ether oxygens (including phenoxy) is 1. The maximum Gasteiger partial charge on any atom is 0.255 e. The molecule has 0 atom stereocenters. The molecule has 0 heterocycles. The summed E-state index contributed by atoms with van der Waals surface area (Å²) in [5.74, 6) is 0.135. The van der Waals surface area contributed by atoms with Crippen LogP contribution in [0, 0.1) is 0 Å². The van der Waals surface area contributed by atoms with E-state index in [9.17, 15) is 9.59 Å². The second-order valence-electron chi connectivity index (χ2n) is 7.04. The second kappa shape index (κ2) is 8.52. The first-order valence-corrected chi connectivity index (χ1v) is 8.63. The molecule has 2 aromatic carbocycles. The Morgan fingerprint density at radius 3 is 2.04 bits per heavy atom. The van der Waals surface area contributed by atoms with Crippen molar-refractivity contribution in [1.82, 2.24) is 10.6 Å². The lowest BCUT2D eigenvalue weighted by molar-refractivity contribution is 0.0926. The summed E-state index contributed by atoms with van der Waals surface area (Å²) in [5.41, 5.74) is 2.31. The van der Waals surface area contributed by atoms with Crippen LogP contribution in [0.15, 0.2) is 48.5 Å². The molecule has 0 radical (unpaired) electrons. The van der Waals surface area contributed by atoms with Crippen molar-refractivity contribution in [3.05, 3.63) is 65.2 Å². The zero-order valence-corrected chi connectivity index (χ0v) is 15.8. The van der Waals surface area contributed by atoms with Gasteiger partial charge in [-0.05, 0) is 35.2 Å². The Morgan fingerprint density at radius 1 is 0.885 bits per heavy atom. The summed E-state index contributed by atoms with van der Waals surface area (Å²) in [7, 11) is 1.53. The number of carbonyl (C=O) groups is 2. The molecule has 0 bridgehead atoms. The molecule has 26 heavy (non-hydrogen) atoms. The van der Waals surface area contributed by atoms with Gasteiger partial charge in [-0.3, -0.25) is 9.59 Å². The smallest absolute Gasteiger partial charge is 0.255 e. The van der Waals surface area contributed by atoms with E-state index in [0.717, 1.165) is 0 Å². The number of benzene rings is 2. The van der Waals surface area contributed by atoms with Gasteiger partial charge < -0.3 is 15.4 Å². The van der Waals surface area contributed by atoms with Crippen LogP contribution in [0.2, 0.25) is 0 Å². The first kappa shape index (κ1) is 19.5. The van der Waals surface area contributed by atoms with Crippen molar-refractivity contribution in [2.45, 2.75) is 26.2 Å². The van der Waals surface area contributed by atoms with Crippen LogP contribution in [0.3, 0.4) is 0 Å². The van der Waals surface area contributed by atoms with E-state index in [1.165, 1.54) is 12.7 Å². The van der Waals surface area contributed by atoms with Crippen LogP contribution in [-0.2, 0) is 5.41 Å². The van der Waals surface area contributed by atoms with Crippen molar-refractivity contribution < 1.29 is 14.3 Å². The summed E-state index contributed by atoms with van der Waals surface area (Å²) in [6, 6.07) is 14.6. The fourth-order valence-corrected chi connectivity index (χ4v) is 2.50. The monoisotopic (exact) mass is 354 g/mol. The van der Waals surface area contributed by atoms with Crippen LogP contribution >= 0.6 is 0 Å². The van der Waals surface area contributed by atoms with Gasteiger partial charge in [-0.15, -0.1) is 0 Å². The highest BCUT2D eigenvalue weighted by molar-refractivity contribution is 5.97. The Hall–Kier alpha value is -2.82. The lowest BCUT2D eigenvalue weighted by Gasteiger charge is -2.19. The summed E-state index contributed by atoms with van der Waals surface area (Å²) >= 11 is 0. The van der Waals surface area contributed by atoms with Crippen LogP contribution in [-0.4, -0.2) is 32.0 Å². The van der Waals surface area contributed by atoms with Gasteiger partial charge in [0.15, 0.2) is 0 Å². The molecule has 2 aromatic rings. The van der Waals surface area contributed by atoms with Gasteiger partial charge in [0.1, 0.15) is 5.75 Å². The molecule has 0 saturated heterocycles. The molecule has 0 aliphatic carbocycles. The van der Waals surface area contributed by atoms with E-state index >= 15 is 0 Å². The average Bonchev–Trinajstić information content (AvgIpc) is 2.64. The van der Waals surface area contributed by atoms with Crippen molar-refractivity contribution in [2.75, 3.05) is 20.2 Å². The van der Waals surface area contributed by atoms with Crippen molar-refractivity contribution >= 4 is 11.8 Å². The fourth-order valence-electron chi connectivity index (χ4n) is 2.50. The summed E-state index contributed by atoms with van der Waals surface area (Å²) in [4.78, 5) is 24.3. The maximum absolute atomic E-state index is 12.2. The number of amides is 2. The molecule has 0 aliphatic heterocycles. The molecule has 5 heteroatoms. The Labute approximate surface area is 154 Å². The van der Waals surface area contributed by atoms with Gasteiger partial charge in [0.25, 0.3) is 11.8 Å². The average molecular weight is 354 g/mol. The van der Waals surface area contributed by atoms with Crippen LogP contribution < -0.4 is 15.4 Å². The Morgan fingerprint density at radius 2 is 1.46 bits per heavy atom. The first-order chi connectivity index (χ1) is 12.3. The van der Waals surface area contributed by atoms with E-state index in [0.29, 0.717) is 30.0 Å². The predicted molar refractivity (Wildman–Crippen MR) is 103 cm³/mol. The Bertz CT molecular complexity index is 762. The minimum Gasteiger partial charge on any atom is -0.496 e. The van der Waals surface area contributed by atoms with Crippen LogP contribution in [0.4, 0.5) is 0 Å². The van der Waals surface area contributed by atoms with Crippen molar-refractivity contribution in [2.24, 2.45) is 0 Å². The van der Waals surface area contributed by atoms with Crippen LogP contribution in [0.5, 0.6) is 5.75 Å². The molecule has 0 spiro atoms. The molecule has 0 aromatic heterocycles. The van der Waals surface area contributed by atoms with Gasteiger partial charge in [0.2, 0.25) is 0 Å². The molecule has 2 rings (SSSR count). The largest absolute Gasteiger partial charge is 0.496 e. The maximum atomic E-state index is 12.2. The van der Waals surface area contributed by atoms with Gasteiger partial charge in [0, 0.05) is 18.7 Å². The summed E-state index contributed by atoms with van der Waals surface area (Å²) in [6.45, 7) is 7.08. The molecule has 2 N–H and O–H groups in total. The molecular weight excluding hydrogens is 328 g/mol. The molecule has 0 saturated carbocycles. The van der Waals surface area contributed by atoms with E-state index in [-0.39, 0.29) is 17.2 Å². The lowest BCUT2D eigenvalue weighted by atomic mass is 9.87. The quantitative estimate of drug-likeness (QED) is 0.783. The molecular formula is C21H26N2O3. The molecule has 0 unspecified atom stereocenters. The number of nitrogens with one attached hydrogen (secondary N) is 2. The topological polar surface area (TPSA) is 67.4 Å². The fraction of sp³-hybridized carbons (Fsp3) is 0.333. The minimum absolute atomic E-state index is 0.0534. The molecule has 2 amide bonds. The molecule has 5 nitrogen and oxygen atoms in total. The summed E-state index contributed by atoms with van der Waals surface area (Å²) in [6.07, 6.45) is 0.